The van der Waals surface area contributed by atoms with Crippen LogP contribution in [0.3, 0.4) is 0 Å². The second-order valence-electron chi connectivity index (χ2n) is 7.10. The Morgan fingerprint density at radius 1 is 1.17 bits per heavy atom. The molecule has 4 rings (SSSR count). The van der Waals surface area contributed by atoms with Gasteiger partial charge < -0.3 is 14.1 Å². The lowest BCUT2D eigenvalue weighted by Crippen LogP contribution is -2.38. The number of benzene rings is 2. The molecule has 1 aliphatic heterocycles. The quantitative estimate of drug-likeness (QED) is 0.367. The van der Waals surface area contributed by atoms with Crippen molar-refractivity contribution >= 4 is 28.7 Å². The van der Waals surface area contributed by atoms with Crippen molar-refractivity contribution in [3.05, 3.63) is 69.6 Å². The monoisotopic (exact) mass is 409 g/mol. The minimum Gasteiger partial charge on any atom is -0.465 e. The fourth-order valence-corrected chi connectivity index (χ4v) is 3.65. The highest BCUT2D eigenvalue weighted by Gasteiger charge is 2.29. The minimum absolute atomic E-state index is 0.0311. The lowest BCUT2D eigenvalue weighted by atomic mass is 9.96. The summed E-state index contributed by atoms with van der Waals surface area (Å²) in [7, 11) is 1.18. The molecule has 154 valence electrons. The first kappa shape index (κ1) is 19.6. The molecule has 1 fully saturated rings. The van der Waals surface area contributed by atoms with E-state index in [-0.39, 0.29) is 28.6 Å². The van der Waals surface area contributed by atoms with Crippen LogP contribution in [0.25, 0.3) is 11.1 Å². The Labute approximate surface area is 171 Å². The number of amides is 1. The number of nitro groups is 1. The molecule has 2 aromatic carbocycles. The van der Waals surface area contributed by atoms with Crippen molar-refractivity contribution in [3.63, 3.8) is 0 Å². The van der Waals surface area contributed by atoms with E-state index < -0.39 is 10.9 Å². The number of nitro benzene ring substituents is 1. The molecule has 1 amide bonds. The van der Waals surface area contributed by atoms with E-state index in [0.29, 0.717) is 31.8 Å². The van der Waals surface area contributed by atoms with E-state index in [4.69, 9.17) is 4.42 Å². The molecule has 0 aliphatic carbocycles. The molecule has 9 nitrogen and oxygen atoms in total. The second kappa shape index (κ2) is 7.94. The Balaban J connectivity index is 1.50. The lowest BCUT2D eigenvalue weighted by molar-refractivity contribution is -0.384. The van der Waals surface area contributed by atoms with Crippen LogP contribution < -0.4 is 0 Å². The number of nitrogens with zero attached hydrogens (tertiary/aromatic N) is 3. The Bertz CT molecular complexity index is 1100. The van der Waals surface area contributed by atoms with Gasteiger partial charge in [-0.25, -0.2) is 9.78 Å². The van der Waals surface area contributed by atoms with Crippen LogP contribution in [0.4, 0.5) is 5.69 Å². The van der Waals surface area contributed by atoms with Gasteiger partial charge in [-0.3, -0.25) is 14.9 Å². The number of hydrogen-bond acceptors (Lipinski definition) is 7. The van der Waals surface area contributed by atoms with Gasteiger partial charge in [-0.15, -0.1) is 0 Å². The highest BCUT2D eigenvalue weighted by molar-refractivity contribution is 5.99. The van der Waals surface area contributed by atoms with Crippen LogP contribution >= 0.6 is 0 Å². The highest BCUT2D eigenvalue weighted by atomic mass is 16.6. The number of piperidine rings is 1. The number of carbonyl (C=O) groups is 2. The molecule has 0 spiro atoms. The molecule has 0 radical (unpaired) electrons. The summed E-state index contributed by atoms with van der Waals surface area (Å²) in [5.41, 5.74) is 1.26. The number of methoxy groups -OCH3 is 1. The zero-order valence-corrected chi connectivity index (χ0v) is 16.2. The number of aromatic nitrogens is 1. The number of para-hydroxylation sites is 2. The fraction of sp³-hybridized carbons (Fsp3) is 0.286. The maximum absolute atomic E-state index is 12.9. The molecule has 9 heteroatoms. The average Bonchev–Trinajstić information content (AvgIpc) is 3.22. The third-order valence-electron chi connectivity index (χ3n) is 5.24. The largest absolute Gasteiger partial charge is 0.465 e. The fourth-order valence-electron chi connectivity index (χ4n) is 3.65. The van der Waals surface area contributed by atoms with Gasteiger partial charge in [0.05, 0.1) is 17.6 Å². The van der Waals surface area contributed by atoms with Crippen molar-refractivity contribution in [2.75, 3.05) is 20.2 Å². The number of esters is 1. The number of likely N-dealkylation sites (tertiary alicyclic amines) is 1. The molecule has 0 bridgehead atoms. The first-order valence-electron chi connectivity index (χ1n) is 9.49. The summed E-state index contributed by atoms with van der Waals surface area (Å²) in [6, 6.07) is 11.2. The molecule has 2 heterocycles. The Kier molecular flexibility index (Phi) is 5.18. The summed E-state index contributed by atoms with van der Waals surface area (Å²) < 4.78 is 10.5. The number of rotatable bonds is 4. The smallest absolute Gasteiger partial charge is 0.338 e. The normalized spacial score (nSPS) is 14.6. The second-order valence-corrected chi connectivity index (χ2v) is 7.10. The molecule has 3 aromatic rings. The third kappa shape index (κ3) is 3.73. The van der Waals surface area contributed by atoms with Crippen LogP contribution in [0.1, 0.15) is 45.4 Å². The van der Waals surface area contributed by atoms with Crippen molar-refractivity contribution < 1.29 is 23.7 Å². The van der Waals surface area contributed by atoms with E-state index >= 15 is 0 Å². The number of ether oxygens (including phenoxy) is 1. The maximum atomic E-state index is 12.9. The summed E-state index contributed by atoms with van der Waals surface area (Å²) >= 11 is 0. The Morgan fingerprint density at radius 2 is 1.87 bits per heavy atom. The molecule has 0 N–H and O–H groups in total. The summed E-state index contributed by atoms with van der Waals surface area (Å²) in [4.78, 5) is 41.5. The molecule has 1 aliphatic rings. The van der Waals surface area contributed by atoms with Crippen LogP contribution in [0.5, 0.6) is 0 Å². The zero-order chi connectivity index (χ0) is 21.3. The molecular formula is C21H19N3O6. The average molecular weight is 409 g/mol. The van der Waals surface area contributed by atoms with Crippen LogP contribution in [0.15, 0.2) is 46.9 Å². The van der Waals surface area contributed by atoms with E-state index in [9.17, 15) is 19.7 Å². The number of carbonyl (C=O) groups excluding carboxylic acids is 2. The number of fused-ring (bicyclic) bond motifs is 1. The molecule has 1 aromatic heterocycles. The van der Waals surface area contributed by atoms with E-state index in [1.165, 1.54) is 19.2 Å². The predicted molar refractivity (Wildman–Crippen MR) is 106 cm³/mol. The van der Waals surface area contributed by atoms with Crippen molar-refractivity contribution in [3.8, 4) is 0 Å². The summed E-state index contributed by atoms with van der Waals surface area (Å²) in [6.07, 6.45) is 1.33. The van der Waals surface area contributed by atoms with Crippen LogP contribution in [-0.2, 0) is 4.74 Å². The first-order valence-corrected chi connectivity index (χ1v) is 9.49. The van der Waals surface area contributed by atoms with Gasteiger partial charge >= 0.3 is 5.97 Å². The molecule has 30 heavy (non-hydrogen) atoms. The van der Waals surface area contributed by atoms with E-state index in [1.807, 2.05) is 24.3 Å². The third-order valence-corrected chi connectivity index (χ3v) is 5.24. The molecule has 0 saturated carbocycles. The van der Waals surface area contributed by atoms with Crippen molar-refractivity contribution in [2.45, 2.75) is 18.8 Å². The van der Waals surface area contributed by atoms with Gasteiger partial charge in [0.25, 0.3) is 11.6 Å². The van der Waals surface area contributed by atoms with Crippen LogP contribution in [-0.4, -0.2) is 46.9 Å². The van der Waals surface area contributed by atoms with Gasteiger partial charge in [0.15, 0.2) is 11.5 Å². The maximum Gasteiger partial charge on any atom is 0.338 e. The topological polar surface area (TPSA) is 116 Å². The van der Waals surface area contributed by atoms with E-state index in [0.717, 1.165) is 17.2 Å². The van der Waals surface area contributed by atoms with Gasteiger partial charge in [0, 0.05) is 36.7 Å². The lowest BCUT2D eigenvalue weighted by Gasteiger charge is -2.30. The van der Waals surface area contributed by atoms with Gasteiger partial charge in [-0.1, -0.05) is 12.1 Å². The molecule has 0 atom stereocenters. The molecule has 1 saturated heterocycles. The van der Waals surface area contributed by atoms with E-state index in [2.05, 4.69) is 9.72 Å². The number of non-ortho nitro benzene ring substituents is 1. The van der Waals surface area contributed by atoms with Crippen LogP contribution in [0, 0.1) is 10.1 Å². The Hall–Kier alpha value is -3.75. The first-order chi connectivity index (χ1) is 14.5. The number of oxazole rings is 1. The summed E-state index contributed by atoms with van der Waals surface area (Å²) in [6.45, 7) is 0.914. The van der Waals surface area contributed by atoms with E-state index in [1.54, 1.807) is 4.90 Å². The zero-order valence-electron chi connectivity index (χ0n) is 16.2. The molecular weight excluding hydrogens is 390 g/mol. The van der Waals surface area contributed by atoms with Gasteiger partial charge in [-0.2, -0.15) is 0 Å². The van der Waals surface area contributed by atoms with Crippen molar-refractivity contribution in [1.82, 2.24) is 9.88 Å². The number of hydrogen-bond donors (Lipinski definition) is 0. The van der Waals surface area contributed by atoms with Crippen molar-refractivity contribution in [1.29, 1.82) is 0 Å². The van der Waals surface area contributed by atoms with Gasteiger partial charge in [0.2, 0.25) is 0 Å². The predicted octanol–water partition coefficient (Wildman–Crippen LogP) is 3.54. The summed E-state index contributed by atoms with van der Waals surface area (Å²) in [5.74, 6) is -0.342. The Morgan fingerprint density at radius 3 is 2.53 bits per heavy atom. The standard InChI is InChI=1S/C21H19N3O6/c1-29-21(26)15-10-14(11-16(12-15)24(27)28)20(25)23-8-6-13(7-9-23)19-22-17-4-2-3-5-18(17)30-19/h2-5,10-13H,6-9H2,1H3. The van der Waals surface area contributed by atoms with Crippen LogP contribution in [0.2, 0.25) is 0 Å². The molecule has 0 unspecified atom stereocenters. The van der Waals surface area contributed by atoms with Gasteiger partial charge in [0.1, 0.15) is 5.52 Å². The van der Waals surface area contributed by atoms with Gasteiger partial charge in [-0.05, 0) is 31.0 Å². The minimum atomic E-state index is -0.734. The SMILES string of the molecule is COC(=O)c1cc(C(=O)N2CCC(c3nc4ccccc4o3)CC2)cc([N+](=O)[O-])c1. The highest BCUT2D eigenvalue weighted by Crippen LogP contribution is 2.31. The van der Waals surface area contributed by atoms with Crippen molar-refractivity contribution in [2.24, 2.45) is 0 Å². The summed E-state index contributed by atoms with van der Waals surface area (Å²) in [5, 5.41) is 11.2.